The van der Waals surface area contributed by atoms with Crippen LogP contribution >= 0.6 is 0 Å². The fraction of sp³-hybridized carbons (Fsp3) is 0.222. The van der Waals surface area contributed by atoms with Gasteiger partial charge in [-0.15, -0.1) is 0 Å². The van der Waals surface area contributed by atoms with Gasteiger partial charge in [-0.25, -0.2) is 9.37 Å². The summed E-state index contributed by atoms with van der Waals surface area (Å²) < 4.78 is 15.9. The van der Waals surface area contributed by atoms with E-state index >= 15 is 0 Å². The number of fused-ring (bicyclic) bond motifs is 1. The first-order valence-corrected chi connectivity index (χ1v) is 11.4. The van der Waals surface area contributed by atoms with Gasteiger partial charge in [-0.2, -0.15) is 0 Å². The molecule has 1 aliphatic rings. The van der Waals surface area contributed by atoms with Crippen LogP contribution in [0.4, 0.5) is 10.1 Å². The van der Waals surface area contributed by atoms with E-state index in [1.54, 1.807) is 23.2 Å². The topological polar surface area (TPSA) is 66.7 Å². The minimum atomic E-state index is -0.477. The third-order valence-electron chi connectivity index (χ3n) is 6.38. The zero-order valence-corrected chi connectivity index (χ0v) is 18.7. The third kappa shape index (κ3) is 4.69. The van der Waals surface area contributed by atoms with E-state index in [4.69, 9.17) is 0 Å². The number of imidazole rings is 1. The van der Waals surface area contributed by atoms with Gasteiger partial charge in [-0.05, 0) is 66.3 Å². The molecule has 34 heavy (non-hydrogen) atoms. The number of aromatic nitrogens is 2. The van der Waals surface area contributed by atoms with E-state index < -0.39 is 5.82 Å². The monoisotopic (exact) mass is 456 g/mol. The summed E-state index contributed by atoms with van der Waals surface area (Å²) >= 11 is 0. The van der Waals surface area contributed by atoms with Gasteiger partial charge in [0.1, 0.15) is 11.5 Å². The Hall–Kier alpha value is -4.00. The summed E-state index contributed by atoms with van der Waals surface area (Å²) in [6.07, 6.45) is 7.41. The van der Waals surface area contributed by atoms with E-state index in [2.05, 4.69) is 10.3 Å². The van der Waals surface area contributed by atoms with Crippen molar-refractivity contribution >= 4 is 23.1 Å². The van der Waals surface area contributed by atoms with Crippen molar-refractivity contribution in [3.63, 3.8) is 0 Å². The summed E-state index contributed by atoms with van der Waals surface area (Å²) in [6, 6.07) is 17.9. The van der Waals surface area contributed by atoms with Crippen molar-refractivity contribution in [3.8, 4) is 0 Å². The second kappa shape index (κ2) is 9.47. The van der Waals surface area contributed by atoms with Crippen LogP contribution in [0.3, 0.4) is 0 Å². The molecule has 1 aliphatic heterocycles. The number of likely N-dealkylation sites (tertiary alicyclic amines) is 1. The summed E-state index contributed by atoms with van der Waals surface area (Å²) in [4.78, 5) is 31.1. The quantitative estimate of drug-likeness (QED) is 0.474. The molecule has 5 rings (SSSR count). The van der Waals surface area contributed by atoms with Crippen molar-refractivity contribution in [2.75, 3.05) is 18.4 Å². The average Bonchev–Trinajstić information content (AvgIpc) is 3.32. The second-order valence-corrected chi connectivity index (χ2v) is 8.62. The molecule has 0 radical (unpaired) electrons. The predicted molar refractivity (Wildman–Crippen MR) is 128 cm³/mol. The van der Waals surface area contributed by atoms with Gasteiger partial charge in [0.2, 0.25) is 5.91 Å². The molecule has 1 N–H and O–H groups in total. The van der Waals surface area contributed by atoms with Gasteiger partial charge in [0, 0.05) is 37.4 Å². The number of pyridine rings is 1. The molecule has 4 aromatic rings. The van der Waals surface area contributed by atoms with Crippen LogP contribution in [0.2, 0.25) is 0 Å². The Morgan fingerprint density at radius 1 is 1.00 bits per heavy atom. The van der Waals surface area contributed by atoms with Crippen molar-refractivity contribution in [2.45, 2.75) is 25.2 Å². The third-order valence-corrected chi connectivity index (χ3v) is 6.38. The number of nitrogens with one attached hydrogen (secondary N) is 1. The smallest absolute Gasteiger partial charge is 0.256 e. The number of nitrogens with zero attached hydrogens (tertiary/aromatic N) is 3. The summed E-state index contributed by atoms with van der Waals surface area (Å²) in [5, 5.41) is 2.95. The lowest BCUT2D eigenvalue weighted by molar-refractivity contribution is -0.115. The van der Waals surface area contributed by atoms with Gasteiger partial charge in [-0.1, -0.05) is 24.3 Å². The lowest BCUT2D eigenvalue weighted by Crippen LogP contribution is -2.38. The second-order valence-electron chi connectivity index (χ2n) is 8.62. The maximum Gasteiger partial charge on any atom is 0.256 e. The number of carbonyl (C=O) groups excluding carboxylic acids is 2. The van der Waals surface area contributed by atoms with Gasteiger partial charge >= 0.3 is 0 Å². The van der Waals surface area contributed by atoms with Gasteiger partial charge < -0.3 is 14.6 Å². The van der Waals surface area contributed by atoms with Crippen molar-refractivity contribution in [1.82, 2.24) is 14.3 Å². The van der Waals surface area contributed by atoms with Gasteiger partial charge in [0.15, 0.2) is 0 Å². The number of piperidine rings is 1. The lowest BCUT2D eigenvalue weighted by Gasteiger charge is -2.32. The molecule has 1 saturated heterocycles. The molecule has 0 aliphatic carbocycles. The summed E-state index contributed by atoms with van der Waals surface area (Å²) in [5.41, 5.74) is 3.79. The number of hydrogen-bond acceptors (Lipinski definition) is 3. The molecule has 2 aromatic heterocycles. The molecule has 0 unspecified atom stereocenters. The van der Waals surface area contributed by atoms with Crippen molar-refractivity contribution in [2.24, 2.45) is 0 Å². The van der Waals surface area contributed by atoms with E-state index in [0.717, 1.165) is 29.7 Å². The molecule has 172 valence electrons. The number of benzene rings is 2. The first-order chi connectivity index (χ1) is 16.6. The highest BCUT2D eigenvalue weighted by Gasteiger charge is 2.26. The van der Waals surface area contributed by atoms with Crippen LogP contribution in [0.5, 0.6) is 0 Å². The maximum absolute atomic E-state index is 14.0. The Labute approximate surface area is 197 Å². The van der Waals surface area contributed by atoms with Crippen LogP contribution in [0.1, 0.15) is 40.2 Å². The van der Waals surface area contributed by atoms with Crippen LogP contribution in [0, 0.1) is 5.82 Å². The molecule has 7 heteroatoms. The van der Waals surface area contributed by atoms with Crippen LogP contribution in [-0.2, 0) is 11.2 Å². The standard InChI is InChI=1S/C27H25FN4O2/c28-24-4-2-1-3-23(24)27(34)32-14-10-21(11-15-32)20-5-7-22(8-6-20)30-26(33)18-19-9-13-31-16-12-29-25(31)17-19/h1-9,12-13,16-17,21H,10-11,14-15,18H2,(H,30,33). The van der Waals surface area contributed by atoms with Crippen molar-refractivity contribution in [1.29, 1.82) is 0 Å². The molecule has 0 bridgehead atoms. The molecule has 0 saturated carbocycles. The molecule has 6 nitrogen and oxygen atoms in total. The number of halogens is 1. The number of anilines is 1. The van der Waals surface area contributed by atoms with Crippen LogP contribution in [0.15, 0.2) is 79.3 Å². The maximum atomic E-state index is 14.0. The van der Waals surface area contributed by atoms with Gasteiger partial charge in [0.05, 0.1) is 12.0 Å². The van der Waals surface area contributed by atoms with Gasteiger partial charge in [-0.3, -0.25) is 9.59 Å². The first kappa shape index (κ1) is 21.8. The molecule has 2 amide bonds. The Balaban J connectivity index is 1.15. The van der Waals surface area contributed by atoms with Crippen LogP contribution in [0.25, 0.3) is 5.65 Å². The predicted octanol–water partition coefficient (Wildman–Crippen LogP) is 4.67. The normalized spacial score (nSPS) is 14.3. The van der Waals surface area contributed by atoms with Crippen molar-refractivity contribution in [3.05, 3.63) is 102 Å². The average molecular weight is 457 g/mol. The van der Waals surface area contributed by atoms with E-state index in [1.165, 1.54) is 17.7 Å². The minimum Gasteiger partial charge on any atom is -0.339 e. The fourth-order valence-corrected chi connectivity index (χ4v) is 4.51. The number of carbonyl (C=O) groups is 2. The number of amides is 2. The number of hydrogen-bond donors (Lipinski definition) is 1. The Morgan fingerprint density at radius 3 is 2.53 bits per heavy atom. The van der Waals surface area contributed by atoms with Crippen molar-refractivity contribution < 1.29 is 14.0 Å². The first-order valence-electron chi connectivity index (χ1n) is 11.4. The summed E-state index contributed by atoms with van der Waals surface area (Å²) in [5.74, 6) is -0.477. The number of rotatable bonds is 5. The van der Waals surface area contributed by atoms with Crippen LogP contribution < -0.4 is 5.32 Å². The Bertz CT molecular complexity index is 1320. The molecular weight excluding hydrogens is 431 g/mol. The lowest BCUT2D eigenvalue weighted by atomic mass is 9.89. The van der Waals surface area contributed by atoms with Crippen LogP contribution in [-0.4, -0.2) is 39.2 Å². The molecule has 2 aromatic carbocycles. The molecule has 0 atom stereocenters. The van der Waals surface area contributed by atoms with E-state index in [1.807, 2.05) is 53.2 Å². The summed E-state index contributed by atoms with van der Waals surface area (Å²) in [7, 11) is 0. The van der Waals surface area contributed by atoms with Gasteiger partial charge in [0.25, 0.3) is 5.91 Å². The SMILES string of the molecule is O=C(Cc1ccn2ccnc2c1)Nc1ccc(C2CCN(C(=O)c3ccccc3F)CC2)cc1. The highest BCUT2D eigenvalue weighted by atomic mass is 19.1. The highest BCUT2D eigenvalue weighted by molar-refractivity contribution is 5.94. The molecular formula is C27H25FN4O2. The zero-order valence-electron chi connectivity index (χ0n) is 18.7. The Kier molecular flexibility index (Phi) is 6.08. The molecule has 0 spiro atoms. The largest absolute Gasteiger partial charge is 0.339 e. The molecule has 1 fully saturated rings. The highest BCUT2D eigenvalue weighted by Crippen LogP contribution is 2.29. The van der Waals surface area contributed by atoms with E-state index in [-0.39, 0.29) is 23.8 Å². The zero-order chi connectivity index (χ0) is 23.5. The summed E-state index contributed by atoms with van der Waals surface area (Å²) in [6.45, 7) is 1.19. The fourth-order valence-electron chi connectivity index (χ4n) is 4.51. The van der Waals surface area contributed by atoms with E-state index in [9.17, 15) is 14.0 Å². The van der Waals surface area contributed by atoms with E-state index in [0.29, 0.717) is 19.0 Å². The minimum absolute atomic E-state index is 0.0800. The Morgan fingerprint density at radius 2 is 1.76 bits per heavy atom. The molecule has 3 heterocycles.